The minimum Gasteiger partial charge on any atom is -0.478 e. The molecule has 1 atom stereocenters. The van der Waals surface area contributed by atoms with Crippen molar-refractivity contribution in [3.63, 3.8) is 0 Å². The molecule has 2 aromatic carbocycles. The highest BCUT2D eigenvalue weighted by Gasteiger charge is 2.31. The predicted octanol–water partition coefficient (Wildman–Crippen LogP) is 3.17. The smallest absolute Gasteiger partial charge is 0.265 e. The Balaban J connectivity index is 1.90. The molecule has 3 rings (SSSR count). The lowest BCUT2D eigenvalue weighted by molar-refractivity contribution is -0.122. The lowest BCUT2D eigenvalue weighted by Crippen LogP contribution is -2.36. The molecule has 1 aliphatic heterocycles. The van der Waals surface area contributed by atoms with Crippen molar-refractivity contribution in [2.45, 2.75) is 33.3 Å². The molecule has 144 valence electrons. The van der Waals surface area contributed by atoms with E-state index in [1.165, 1.54) is 4.31 Å². The lowest BCUT2D eigenvalue weighted by Gasteiger charge is -2.21. The number of benzene rings is 2. The number of carbonyl (C=O) groups excluding carboxylic acids is 1. The maximum Gasteiger partial charge on any atom is 0.265 e. The third-order valence-electron chi connectivity index (χ3n) is 4.80. The molecule has 27 heavy (non-hydrogen) atoms. The molecule has 0 fully saturated rings. The van der Waals surface area contributed by atoms with Gasteiger partial charge in [-0.3, -0.25) is 9.10 Å². The number of aryl methyl sites for hydroxylation is 2. The number of anilines is 2. The number of amides is 1. The molecule has 1 heterocycles. The highest BCUT2D eigenvalue weighted by Crippen LogP contribution is 2.35. The van der Waals surface area contributed by atoms with Crippen LogP contribution in [0.15, 0.2) is 36.4 Å². The van der Waals surface area contributed by atoms with Gasteiger partial charge < -0.3 is 10.1 Å². The fraction of sp³-hybridized carbons (Fsp3) is 0.350. The van der Waals surface area contributed by atoms with Crippen LogP contribution in [0.1, 0.15) is 23.1 Å². The zero-order valence-corrected chi connectivity index (χ0v) is 16.8. The van der Waals surface area contributed by atoms with Crippen molar-refractivity contribution < 1.29 is 17.9 Å². The quantitative estimate of drug-likeness (QED) is 0.876. The van der Waals surface area contributed by atoms with Gasteiger partial charge in [-0.25, -0.2) is 8.42 Å². The van der Waals surface area contributed by atoms with Crippen LogP contribution in [0.3, 0.4) is 0 Å². The van der Waals surface area contributed by atoms with E-state index in [4.69, 9.17) is 4.74 Å². The maximum atomic E-state index is 12.8. The van der Waals surface area contributed by atoms with Gasteiger partial charge in [-0.1, -0.05) is 18.2 Å². The first-order chi connectivity index (χ1) is 12.7. The Labute approximate surface area is 160 Å². The van der Waals surface area contributed by atoms with Crippen molar-refractivity contribution in [2.24, 2.45) is 0 Å². The Bertz CT molecular complexity index is 985. The van der Waals surface area contributed by atoms with E-state index in [1.54, 1.807) is 12.1 Å². The number of hydrogen-bond donors (Lipinski definition) is 1. The van der Waals surface area contributed by atoms with E-state index in [0.29, 0.717) is 11.4 Å². The molecule has 0 saturated heterocycles. The average molecular weight is 388 g/mol. The largest absolute Gasteiger partial charge is 0.478 e. The van der Waals surface area contributed by atoms with E-state index in [-0.39, 0.29) is 18.9 Å². The monoisotopic (exact) mass is 388 g/mol. The highest BCUT2D eigenvalue weighted by atomic mass is 32.2. The average Bonchev–Trinajstić information content (AvgIpc) is 2.78. The Morgan fingerprint density at radius 2 is 1.93 bits per heavy atom. The number of rotatable bonds is 3. The van der Waals surface area contributed by atoms with Crippen LogP contribution in [-0.4, -0.2) is 33.2 Å². The Morgan fingerprint density at radius 1 is 1.19 bits per heavy atom. The van der Waals surface area contributed by atoms with Gasteiger partial charge in [0.15, 0.2) is 6.10 Å². The standard InChI is InChI=1S/C20H24N2O4S/c1-13-8-9-18-17(12-13)22(27(4,24)25)11-10-19(26-18)20(23)21-16-7-5-6-14(2)15(16)3/h5-9,12,19H,10-11H2,1-4H3,(H,21,23)/t19-/m1/s1. The molecule has 0 radical (unpaired) electrons. The number of fused-ring (bicyclic) bond motifs is 1. The first-order valence-electron chi connectivity index (χ1n) is 8.79. The number of sulfonamides is 1. The minimum atomic E-state index is -3.48. The van der Waals surface area contributed by atoms with E-state index < -0.39 is 16.1 Å². The normalized spacial score (nSPS) is 16.9. The summed E-state index contributed by atoms with van der Waals surface area (Å²) in [7, 11) is -3.48. The molecule has 0 unspecified atom stereocenters. The van der Waals surface area contributed by atoms with Crippen molar-refractivity contribution >= 4 is 27.3 Å². The van der Waals surface area contributed by atoms with Crippen LogP contribution in [0.5, 0.6) is 5.75 Å². The third kappa shape index (κ3) is 4.08. The van der Waals surface area contributed by atoms with E-state index in [0.717, 1.165) is 28.6 Å². The molecule has 0 spiro atoms. The Hall–Kier alpha value is -2.54. The van der Waals surface area contributed by atoms with Crippen LogP contribution < -0.4 is 14.4 Å². The van der Waals surface area contributed by atoms with Crippen molar-refractivity contribution in [3.8, 4) is 5.75 Å². The van der Waals surface area contributed by atoms with Gasteiger partial charge >= 0.3 is 0 Å². The van der Waals surface area contributed by atoms with Crippen molar-refractivity contribution in [1.29, 1.82) is 0 Å². The van der Waals surface area contributed by atoms with Crippen LogP contribution in [0, 0.1) is 20.8 Å². The fourth-order valence-electron chi connectivity index (χ4n) is 3.12. The molecule has 0 saturated carbocycles. The van der Waals surface area contributed by atoms with Gasteiger partial charge in [0, 0.05) is 18.7 Å². The summed E-state index contributed by atoms with van der Waals surface area (Å²) in [6.45, 7) is 5.99. The molecule has 1 N–H and O–H groups in total. The first kappa shape index (κ1) is 19.2. The maximum absolute atomic E-state index is 12.8. The van der Waals surface area contributed by atoms with E-state index in [2.05, 4.69) is 5.32 Å². The van der Waals surface area contributed by atoms with Gasteiger partial charge in [0.05, 0.1) is 11.9 Å². The second-order valence-electron chi connectivity index (χ2n) is 6.94. The molecular formula is C20H24N2O4S. The lowest BCUT2D eigenvalue weighted by atomic mass is 10.1. The van der Waals surface area contributed by atoms with Gasteiger partial charge in [0.1, 0.15) is 5.75 Å². The number of hydrogen-bond acceptors (Lipinski definition) is 4. The minimum absolute atomic E-state index is 0.181. The van der Waals surface area contributed by atoms with E-state index >= 15 is 0 Å². The molecule has 1 aliphatic rings. The predicted molar refractivity (Wildman–Crippen MR) is 107 cm³/mol. The Kier molecular flexibility index (Phi) is 5.15. The summed E-state index contributed by atoms with van der Waals surface area (Å²) in [5.41, 5.74) is 4.20. The third-order valence-corrected chi connectivity index (χ3v) is 5.98. The first-order valence-corrected chi connectivity index (χ1v) is 10.6. The van der Waals surface area contributed by atoms with Crippen molar-refractivity contribution in [3.05, 3.63) is 53.1 Å². The SMILES string of the molecule is Cc1ccc2c(c1)N(S(C)(=O)=O)CC[C@H](C(=O)Nc1cccc(C)c1C)O2. The van der Waals surface area contributed by atoms with E-state index in [9.17, 15) is 13.2 Å². The number of nitrogens with zero attached hydrogens (tertiary/aromatic N) is 1. The zero-order valence-electron chi connectivity index (χ0n) is 15.9. The number of nitrogens with one attached hydrogen (secondary N) is 1. The summed E-state index contributed by atoms with van der Waals surface area (Å²) >= 11 is 0. The van der Waals surface area contributed by atoms with Gasteiger partial charge in [0.2, 0.25) is 10.0 Å². The summed E-state index contributed by atoms with van der Waals surface area (Å²) in [5, 5.41) is 2.91. The molecule has 0 aromatic heterocycles. The number of ether oxygens (including phenoxy) is 1. The Morgan fingerprint density at radius 3 is 2.63 bits per heavy atom. The second kappa shape index (κ2) is 7.23. The zero-order chi connectivity index (χ0) is 19.8. The van der Waals surface area contributed by atoms with Gasteiger partial charge in [-0.05, 0) is 55.7 Å². The summed E-state index contributed by atoms with van der Waals surface area (Å²) < 4.78 is 31.7. The molecule has 1 amide bonds. The van der Waals surface area contributed by atoms with Gasteiger partial charge in [-0.15, -0.1) is 0 Å². The summed E-state index contributed by atoms with van der Waals surface area (Å²) in [6, 6.07) is 11.0. The summed E-state index contributed by atoms with van der Waals surface area (Å²) in [4.78, 5) is 12.8. The van der Waals surface area contributed by atoms with Crippen LogP contribution in [-0.2, 0) is 14.8 Å². The molecule has 0 bridgehead atoms. The van der Waals surface area contributed by atoms with Gasteiger partial charge in [-0.2, -0.15) is 0 Å². The van der Waals surface area contributed by atoms with Crippen molar-refractivity contribution in [1.82, 2.24) is 0 Å². The molecular weight excluding hydrogens is 364 g/mol. The summed E-state index contributed by atoms with van der Waals surface area (Å²) in [5.74, 6) is 0.107. The molecule has 2 aromatic rings. The van der Waals surface area contributed by atoms with Crippen LogP contribution in [0.2, 0.25) is 0 Å². The van der Waals surface area contributed by atoms with Gasteiger partial charge in [0.25, 0.3) is 5.91 Å². The highest BCUT2D eigenvalue weighted by molar-refractivity contribution is 7.92. The van der Waals surface area contributed by atoms with Crippen LogP contribution in [0.4, 0.5) is 11.4 Å². The molecule has 0 aliphatic carbocycles. The molecule has 6 nitrogen and oxygen atoms in total. The molecule has 7 heteroatoms. The second-order valence-corrected chi connectivity index (χ2v) is 8.85. The van der Waals surface area contributed by atoms with E-state index in [1.807, 2.05) is 45.0 Å². The fourth-order valence-corrected chi connectivity index (χ4v) is 4.05. The van der Waals surface area contributed by atoms with Crippen LogP contribution in [0.25, 0.3) is 0 Å². The van der Waals surface area contributed by atoms with Crippen LogP contribution >= 0.6 is 0 Å². The van der Waals surface area contributed by atoms with Crippen molar-refractivity contribution in [2.75, 3.05) is 22.4 Å². The topological polar surface area (TPSA) is 75.7 Å². The number of carbonyl (C=O) groups is 1. The summed E-state index contributed by atoms with van der Waals surface area (Å²) in [6.07, 6.45) is 0.644.